The molecule has 3 heteroatoms. The first-order valence-electron chi connectivity index (χ1n) is 6.00. The van der Waals surface area contributed by atoms with E-state index in [1.165, 1.54) is 5.56 Å². The highest BCUT2D eigenvalue weighted by molar-refractivity contribution is 5.19. The molecule has 1 aromatic heterocycles. The van der Waals surface area contributed by atoms with Crippen LogP contribution in [0.1, 0.15) is 37.9 Å². The van der Waals surface area contributed by atoms with Crippen LogP contribution in [0.5, 0.6) is 0 Å². The summed E-state index contributed by atoms with van der Waals surface area (Å²) in [4.78, 5) is 0. The molecule has 16 heavy (non-hydrogen) atoms. The number of hydrogen-bond acceptors (Lipinski definition) is 3. The van der Waals surface area contributed by atoms with Gasteiger partial charge in [0.1, 0.15) is 18.1 Å². The summed E-state index contributed by atoms with van der Waals surface area (Å²) in [7, 11) is 0. The zero-order valence-electron chi connectivity index (χ0n) is 10.8. The van der Waals surface area contributed by atoms with Crippen LogP contribution < -0.4 is 5.32 Å². The predicted molar refractivity (Wildman–Crippen MR) is 65.3 cm³/mol. The number of hydrogen-bond donors (Lipinski definition) is 1. The molecule has 0 radical (unpaired) electrons. The van der Waals surface area contributed by atoms with E-state index in [0.29, 0.717) is 12.5 Å². The Kier molecular flexibility index (Phi) is 5.56. The normalized spacial score (nSPS) is 11.3. The minimum absolute atomic E-state index is 0.567. The van der Waals surface area contributed by atoms with Crippen LogP contribution in [-0.2, 0) is 17.9 Å². The molecule has 0 aliphatic carbocycles. The third-order valence-corrected chi connectivity index (χ3v) is 2.30. The molecular weight excluding hydrogens is 202 g/mol. The second-order valence-corrected chi connectivity index (χ2v) is 4.51. The second kappa shape index (κ2) is 6.71. The van der Waals surface area contributed by atoms with E-state index < -0.39 is 0 Å². The highest BCUT2D eigenvalue weighted by atomic mass is 16.5. The molecule has 0 bridgehead atoms. The Morgan fingerprint density at radius 1 is 1.44 bits per heavy atom. The van der Waals surface area contributed by atoms with Gasteiger partial charge in [-0.3, -0.25) is 0 Å². The maximum Gasteiger partial charge on any atom is 0.130 e. The van der Waals surface area contributed by atoms with Crippen LogP contribution in [0.25, 0.3) is 0 Å². The number of ether oxygens (including phenoxy) is 1. The number of rotatable bonds is 7. The lowest BCUT2D eigenvalue weighted by Crippen LogP contribution is -2.11. The summed E-state index contributed by atoms with van der Waals surface area (Å²) in [6.07, 6.45) is 0. The van der Waals surface area contributed by atoms with Crippen molar-refractivity contribution in [2.75, 3.05) is 13.2 Å². The van der Waals surface area contributed by atoms with Crippen LogP contribution in [0.3, 0.4) is 0 Å². The van der Waals surface area contributed by atoms with Gasteiger partial charge >= 0.3 is 0 Å². The number of furan rings is 1. The predicted octanol–water partition coefficient (Wildman–Crippen LogP) is 2.87. The quantitative estimate of drug-likeness (QED) is 0.775. The fourth-order valence-electron chi connectivity index (χ4n) is 1.47. The SMILES string of the molecule is CCNCc1oc(COCC(C)C)cc1C. The van der Waals surface area contributed by atoms with Crippen molar-refractivity contribution in [2.24, 2.45) is 5.92 Å². The highest BCUT2D eigenvalue weighted by Crippen LogP contribution is 2.15. The van der Waals surface area contributed by atoms with Crippen molar-refractivity contribution >= 4 is 0 Å². The minimum Gasteiger partial charge on any atom is -0.462 e. The van der Waals surface area contributed by atoms with Crippen LogP contribution in [-0.4, -0.2) is 13.2 Å². The van der Waals surface area contributed by atoms with Crippen molar-refractivity contribution < 1.29 is 9.15 Å². The van der Waals surface area contributed by atoms with Gasteiger partial charge in [-0.1, -0.05) is 20.8 Å². The minimum atomic E-state index is 0.567. The zero-order chi connectivity index (χ0) is 12.0. The molecule has 0 aliphatic rings. The van der Waals surface area contributed by atoms with Crippen LogP contribution in [0.4, 0.5) is 0 Å². The summed E-state index contributed by atoms with van der Waals surface area (Å²) >= 11 is 0. The fourth-order valence-corrected chi connectivity index (χ4v) is 1.47. The van der Waals surface area contributed by atoms with Crippen LogP contribution in [0.2, 0.25) is 0 Å². The second-order valence-electron chi connectivity index (χ2n) is 4.51. The van der Waals surface area contributed by atoms with Gasteiger partial charge in [0.2, 0.25) is 0 Å². The van der Waals surface area contributed by atoms with E-state index >= 15 is 0 Å². The first-order valence-corrected chi connectivity index (χ1v) is 6.00. The van der Waals surface area contributed by atoms with Gasteiger partial charge in [-0.25, -0.2) is 0 Å². The standard InChI is InChI=1S/C13H23NO2/c1-5-14-7-13-11(4)6-12(16-13)9-15-8-10(2)3/h6,10,14H,5,7-9H2,1-4H3. The molecular formula is C13H23NO2. The van der Waals surface area contributed by atoms with E-state index in [0.717, 1.165) is 31.2 Å². The number of aryl methyl sites for hydroxylation is 1. The maximum atomic E-state index is 5.71. The smallest absolute Gasteiger partial charge is 0.130 e. The summed E-state index contributed by atoms with van der Waals surface area (Å²) in [5.41, 5.74) is 1.20. The fraction of sp³-hybridized carbons (Fsp3) is 0.692. The van der Waals surface area contributed by atoms with Crippen molar-refractivity contribution in [1.82, 2.24) is 5.32 Å². The van der Waals surface area contributed by atoms with E-state index in [2.05, 4.69) is 39.1 Å². The van der Waals surface area contributed by atoms with Gasteiger partial charge in [0.25, 0.3) is 0 Å². The monoisotopic (exact) mass is 225 g/mol. The summed E-state index contributed by atoms with van der Waals surface area (Å²) in [5.74, 6) is 2.51. The van der Waals surface area contributed by atoms with E-state index in [1.807, 2.05) is 0 Å². The molecule has 0 aliphatic heterocycles. The van der Waals surface area contributed by atoms with E-state index in [9.17, 15) is 0 Å². The first kappa shape index (κ1) is 13.3. The molecule has 0 aromatic carbocycles. The first-order chi connectivity index (χ1) is 7.63. The molecule has 1 heterocycles. The summed E-state index contributed by atoms with van der Waals surface area (Å²) in [6, 6.07) is 2.06. The average molecular weight is 225 g/mol. The lowest BCUT2D eigenvalue weighted by Gasteiger charge is -2.04. The summed E-state index contributed by atoms with van der Waals surface area (Å²) < 4.78 is 11.3. The highest BCUT2D eigenvalue weighted by Gasteiger charge is 2.07. The largest absolute Gasteiger partial charge is 0.462 e. The van der Waals surface area contributed by atoms with E-state index in [-0.39, 0.29) is 0 Å². The Bertz CT molecular complexity index is 305. The third-order valence-electron chi connectivity index (χ3n) is 2.30. The molecule has 0 fully saturated rings. The van der Waals surface area contributed by atoms with Gasteiger partial charge in [-0.05, 0) is 31.0 Å². The maximum absolute atomic E-state index is 5.71. The molecule has 3 nitrogen and oxygen atoms in total. The molecule has 0 unspecified atom stereocenters. The molecule has 92 valence electrons. The van der Waals surface area contributed by atoms with Crippen LogP contribution in [0, 0.1) is 12.8 Å². The van der Waals surface area contributed by atoms with Gasteiger partial charge < -0.3 is 14.5 Å². The van der Waals surface area contributed by atoms with Crippen LogP contribution >= 0.6 is 0 Å². The van der Waals surface area contributed by atoms with Gasteiger partial charge in [0, 0.05) is 6.61 Å². The Morgan fingerprint density at radius 2 is 2.19 bits per heavy atom. The molecule has 1 N–H and O–H groups in total. The summed E-state index contributed by atoms with van der Waals surface area (Å²) in [5, 5.41) is 3.26. The Balaban J connectivity index is 2.42. The molecule has 1 aromatic rings. The Morgan fingerprint density at radius 3 is 2.81 bits per heavy atom. The lowest BCUT2D eigenvalue weighted by molar-refractivity contribution is 0.0837. The molecule has 0 saturated carbocycles. The zero-order valence-corrected chi connectivity index (χ0v) is 10.8. The molecule has 1 rings (SSSR count). The van der Waals surface area contributed by atoms with Crippen molar-refractivity contribution in [3.05, 3.63) is 23.2 Å². The summed E-state index contributed by atoms with van der Waals surface area (Å²) in [6.45, 7) is 11.6. The van der Waals surface area contributed by atoms with Crippen molar-refractivity contribution in [3.8, 4) is 0 Å². The van der Waals surface area contributed by atoms with Gasteiger partial charge in [0.05, 0.1) is 6.54 Å². The van der Waals surface area contributed by atoms with E-state index in [1.54, 1.807) is 0 Å². The van der Waals surface area contributed by atoms with Gasteiger partial charge in [0.15, 0.2) is 0 Å². The molecule has 0 atom stereocenters. The molecule has 0 spiro atoms. The molecule has 0 amide bonds. The Hall–Kier alpha value is -0.800. The third kappa shape index (κ3) is 4.37. The van der Waals surface area contributed by atoms with Crippen molar-refractivity contribution in [2.45, 2.75) is 40.8 Å². The topological polar surface area (TPSA) is 34.4 Å². The van der Waals surface area contributed by atoms with Gasteiger partial charge in [-0.2, -0.15) is 0 Å². The van der Waals surface area contributed by atoms with E-state index in [4.69, 9.17) is 9.15 Å². The van der Waals surface area contributed by atoms with Gasteiger partial charge in [-0.15, -0.1) is 0 Å². The lowest BCUT2D eigenvalue weighted by atomic mass is 10.2. The molecule has 0 saturated heterocycles. The Labute approximate surface area is 98.2 Å². The van der Waals surface area contributed by atoms with Crippen molar-refractivity contribution in [1.29, 1.82) is 0 Å². The number of nitrogens with one attached hydrogen (secondary N) is 1. The van der Waals surface area contributed by atoms with Crippen LogP contribution in [0.15, 0.2) is 10.5 Å². The van der Waals surface area contributed by atoms with Crippen molar-refractivity contribution in [3.63, 3.8) is 0 Å². The average Bonchev–Trinajstić information content (AvgIpc) is 2.56.